The van der Waals surface area contributed by atoms with E-state index < -0.39 is 17.8 Å². The summed E-state index contributed by atoms with van der Waals surface area (Å²) in [7, 11) is 3.10. The van der Waals surface area contributed by atoms with Crippen LogP contribution in [0.2, 0.25) is 0 Å². The van der Waals surface area contributed by atoms with Crippen molar-refractivity contribution >= 4 is 22.4 Å². The van der Waals surface area contributed by atoms with Gasteiger partial charge in [0.1, 0.15) is 18.2 Å². The second-order valence-corrected chi connectivity index (χ2v) is 7.23. The lowest BCUT2D eigenvalue weighted by Crippen LogP contribution is -2.13. The standard InChI is InChI=1S/C22H25F3N4O3/c1-12(14-7-15(22(23,24)25)9-16(26)8-14)27-21-17-10-20(32-6-5-30-3)19(31-4)11-18(17)28-13(2)29-21/h7-12H,5-6,26H2,1-4H3,(H,27,28,29)/t12-/m1/s1. The zero-order valence-corrected chi connectivity index (χ0v) is 18.2. The van der Waals surface area contributed by atoms with Gasteiger partial charge in [-0.25, -0.2) is 9.97 Å². The molecule has 32 heavy (non-hydrogen) atoms. The van der Waals surface area contributed by atoms with E-state index in [4.69, 9.17) is 19.9 Å². The van der Waals surface area contributed by atoms with Gasteiger partial charge >= 0.3 is 6.18 Å². The predicted molar refractivity (Wildman–Crippen MR) is 116 cm³/mol. The molecule has 0 aliphatic heterocycles. The topological polar surface area (TPSA) is 91.5 Å². The third-order valence-corrected chi connectivity index (χ3v) is 4.80. The summed E-state index contributed by atoms with van der Waals surface area (Å²) >= 11 is 0. The number of nitrogens with one attached hydrogen (secondary N) is 1. The SMILES string of the molecule is COCCOc1cc2c(N[C@H](C)c3cc(N)cc(C(F)(F)F)c3)nc(C)nc2cc1OC. The molecular weight excluding hydrogens is 425 g/mol. The van der Waals surface area contributed by atoms with Crippen molar-refractivity contribution in [2.75, 3.05) is 38.5 Å². The number of nitrogens with zero attached hydrogens (tertiary/aromatic N) is 2. The quantitative estimate of drug-likeness (QED) is 0.378. The maximum atomic E-state index is 13.2. The normalized spacial score (nSPS) is 12.6. The molecule has 10 heteroatoms. The minimum Gasteiger partial charge on any atom is -0.493 e. The first kappa shape index (κ1) is 23.4. The molecule has 1 atom stereocenters. The van der Waals surface area contributed by atoms with Gasteiger partial charge in [0.15, 0.2) is 11.5 Å². The number of alkyl halides is 3. The number of halogens is 3. The highest BCUT2D eigenvalue weighted by Gasteiger charge is 2.31. The number of anilines is 2. The van der Waals surface area contributed by atoms with E-state index in [0.29, 0.717) is 52.8 Å². The van der Waals surface area contributed by atoms with Gasteiger partial charge in [0.05, 0.1) is 30.8 Å². The maximum Gasteiger partial charge on any atom is 0.416 e. The lowest BCUT2D eigenvalue weighted by Gasteiger charge is -2.19. The molecule has 0 aliphatic rings. The number of benzene rings is 2. The van der Waals surface area contributed by atoms with Crippen LogP contribution in [-0.2, 0) is 10.9 Å². The second-order valence-electron chi connectivity index (χ2n) is 7.23. The number of ether oxygens (including phenoxy) is 3. The van der Waals surface area contributed by atoms with E-state index in [2.05, 4.69) is 15.3 Å². The van der Waals surface area contributed by atoms with Gasteiger partial charge in [0, 0.05) is 24.2 Å². The van der Waals surface area contributed by atoms with Crippen LogP contribution in [0, 0.1) is 6.92 Å². The van der Waals surface area contributed by atoms with E-state index in [0.717, 1.165) is 12.1 Å². The molecule has 0 fully saturated rings. The number of aromatic nitrogens is 2. The fraction of sp³-hybridized carbons (Fsp3) is 0.364. The molecule has 0 amide bonds. The lowest BCUT2D eigenvalue weighted by molar-refractivity contribution is -0.137. The van der Waals surface area contributed by atoms with E-state index in [1.165, 1.54) is 13.2 Å². The largest absolute Gasteiger partial charge is 0.493 e. The number of aryl methyl sites for hydroxylation is 1. The summed E-state index contributed by atoms with van der Waals surface area (Å²) < 4.78 is 55.8. The Morgan fingerprint density at radius 2 is 1.78 bits per heavy atom. The molecule has 0 unspecified atom stereocenters. The van der Waals surface area contributed by atoms with Crippen molar-refractivity contribution in [1.82, 2.24) is 9.97 Å². The Morgan fingerprint density at radius 1 is 1.03 bits per heavy atom. The fourth-order valence-electron chi connectivity index (χ4n) is 3.25. The Morgan fingerprint density at radius 3 is 2.44 bits per heavy atom. The molecule has 172 valence electrons. The number of hydrogen-bond acceptors (Lipinski definition) is 7. The summed E-state index contributed by atoms with van der Waals surface area (Å²) in [5, 5.41) is 3.82. The predicted octanol–water partition coefficient (Wildman–Crippen LogP) is 4.75. The molecule has 2 aromatic carbocycles. The Bertz CT molecular complexity index is 1110. The summed E-state index contributed by atoms with van der Waals surface area (Å²) in [5.74, 6) is 1.92. The minimum atomic E-state index is -4.49. The van der Waals surface area contributed by atoms with Gasteiger partial charge in [-0.1, -0.05) is 0 Å². The van der Waals surface area contributed by atoms with Gasteiger partial charge in [0.25, 0.3) is 0 Å². The summed E-state index contributed by atoms with van der Waals surface area (Å²) in [5.41, 5.74) is 5.93. The monoisotopic (exact) mass is 450 g/mol. The molecule has 3 aromatic rings. The van der Waals surface area contributed by atoms with Gasteiger partial charge < -0.3 is 25.3 Å². The molecule has 0 aliphatic carbocycles. The zero-order valence-electron chi connectivity index (χ0n) is 18.2. The van der Waals surface area contributed by atoms with Gasteiger partial charge in [-0.05, 0) is 43.7 Å². The molecule has 3 N–H and O–H groups in total. The van der Waals surface area contributed by atoms with Crippen LogP contribution in [0.25, 0.3) is 10.9 Å². The second kappa shape index (κ2) is 9.47. The Balaban J connectivity index is 2.01. The van der Waals surface area contributed by atoms with Crippen LogP contribution < -0.4 is 20.5 Å². The van der Waals surface area contributed by atoms with Crippen LogP contribution in [0.1, 0.15) is 29.9 Å². The molecule has 0 saturated carbocycles. The van der Waals surface area contributed by atoms with Gasteiger partial charge in [0.2, 0.25) is 0 Å². The summed E-state index contributed by atoms with van der Waals surface area (Å²) in [4.78, 5) is 8.90. The molecule has 3 rings (SSSR count). The number of methoxy groups -OCH3 is 2. The number of hydrogen-bond donors (Lipinski definition) is 2. The molecule has 1 heterocycles. The van der Waals surface area contributed by atoms with Gasteiger partial charge in [-0.15, -0.1) is 0 Å². The Kier molecular flexibility index (Phi) is 6.93. The molecule has 0 bridgehead atoms. The molecular formula is C22H25F3N4O3. The molecule has 0 radical (unpaired) electrons. The average molecular weight is 450 g/mol. The van der Waals surface area contributed by atoms with E-state index in [1.807, 2.05) is 0 Å². The van der Waals surface area contributed by atoms with Crippen molar-refractivity contribution < 1.29 is 27.4 Å². The van der Waals surface area contributed by atoms with Crippen LogP contribution in [-0.4, -0.2) is 37.4 Å². The summed E-state index contributed by atoms with van der Waals surface area (Å²) in [6, 6.07) is 6.44. The van der Waals surface area contributed by atoms with Gasteiger partial charge in [-0.3, -0.25) is 0 Å². The third-order valence-electron chi connectivity index (χ3n) is 4.80. The zero-order chi connectivity index (χ0) is 23.5. The van der Waals surface area contributed by atoms with Crippen LogP contribution in [0.3, 0.4) is 0 Å². The van der Waals surface area contributed by atoms with Crippen molar-refractivity contribution in [2.24, 2.45) is 0 Å². The molecule has 7 nitrogen and oxygen atoms in total. The molecule has 1 aromatic heterocycles. The van der Waals surface area contributed by atoms with Crippen LogP contribution in [0.5, 0.6) is 11.5 Å². The van der Waals surface area contributed by atoms with E-state index in [9.17, 15) is 13.2 Å². The first-order chi connectivity index (χ1) is 15.1. The van der Waals surface area contributed by atoms with Crippen LogP contribution in [0.4, 0.5) is 24.7 Å². The fourth-order valence-corrected chi connectivity index (χ4v) is 3.25. The van der Waals surface area contributed by atoms with Crippen molar-refractivity contribution in [1.29, 1.82) is 0 Å². The highest BCUT2D eigenvalue weighted by molar-refractivity contribution is 5.92. The van der Waals surface area contributed by atoms with E-state index >= 15 is 0 Å². The third kappa shape index (κ3) is 5.31. The summed E-state index contributed by atoms with van der Waals surface area (Å²) in [6.45, 7) is 4.17. The van der Waals surface area contributed by atoms with Crippen LogP contribution >= 0.6 is 0 Å². The van der Waals surface area contributed by atoms with Crippen molar-refractivity contribution in [3.8, 4) is 11.5 Å². The first-order valence-electron chi connectivity index (χ1n) is 9.84. The summed E-state index contributed by atoms with van der Waals surface area (Å²) in [6.07, 6.45) is -4.49. The highest BCUT2D eigenvalue weighted by Crippen LogP contribution is 2.36. The maximum absolute atomic E-state index is 13.2. The average Bonchev–Trinajstić information content (AvgIpc) is 2.72. The molecule has 0 spiro atoms. The Hall–Kier alpha value is -3.27. The lowest BCUT2D eigenvalue weighted by atomic mass is 10.0. The number of rotatable bonds is 8. The molecule has 0 saturated heterocycles. The highest BCUT2D eigenvalue weighted by atomic mass is 19.4. The number of nitrogens with two attached hydrogens (primary N) is 1. The Labute approximate surface area is 183 Å². The van der Waals surface area contributed by atoms with Crippen molar-refractivity contribution in [3.63, 3.8) is 0 Å². The minimum absolute atomic E-state index is 0.0331. The van der Waals surface area contributed by atoms with Crippen molar-refractivity contribution in [3.05, 3.63) is 47.3 Å². The number of nitrogen functional groups attached to an aromatic ring is 1. The van der Waals surface area contributed by atoms with Gasteiger partial charge in [-0.2, -0.15) is 13.2 Å². The van der Waals surface area contributed by atoms with Crippen molar-refractivity contribution in [2.45, 2.75) is 26.1 Å². The van der Waals surface area contributed by atoms with E-state index in [-0.39, 0.29) is 5.69 Å². The van der Waals surface area contributed by atoms with E-state index in [1.54, 1.807) is 33.1 Å². The first-order valence-corrected chi connectivity index (χ1v) is 9.84. The smallest absolute Gasteiger partial charge is 0.416 e. The number of fused-ring (bicyclic) bond motifs is 1. The van der Waals surface area contributed by atoms with Crippen LogP contribution in [0.15, 0.2) is 30.3 Å².